The summed E-state index contributed by atoms with van der Waals surface area (Å²) in [5.74, 6) is 1.10. The lowest BCUT2D eigenvalue weighted by Gasteiger charge is -2.70. The summed E-state index contributed by atoms with van der Waals surface area (Å²) >= 11 is 0. The molecule has 33 heavy (non-hydrogen) atoms. The molecule has 5 aliphatic carbocycles. The average molecular weight is 455 g/mol. The van der Waals surface area contributed by atoms with Gasteiger partial charge in [0, 0.05) is 11.8 Å². The predicted octanol–water partition coefficient (Wildman–Crippen LogP) is 7.44. The lowest BCUT2D eigenvalue weighted by molar-refractivity contribution is -0.189. The third kappa shape index (κ3) is 2.80. The number of carbonyl (C=O) groups is 2. The van der Waals surface area contributed by atoms with Crippen molar-refractivity contribution < 1.29 is 14.7 Å². The van der Waals surface area contributed by atoms with Gasteiger partial charge >= 0.3 is 5.97 Å². The molecule has 5 aliphatic rings. The van der Waals surface area contributed by atoms with Gasteiger partial charge in [-0.2, -0.15) is 0 Å². The monoisotopic (exact) mass is 454 g/mol. The van der Waals surface area contributed by atoms with E-state index in [2.05, 4.69) is 54.5 Å². The van der Waals surface area contributed by atoms with Crippen molar-refractivity contribution in [2.24, 2.45) is 50.2 Å². The van der Waals surface area contributed by atoms with Gasteiger partial charge in [-0.05, 0) is 97.2 Å². The van der Waals surface area contributed by atoms with Crippen LogP contribution < -0.4 is 0 Å². The van der Waals surface area contributed by atoms with Crippen LogP contribution in [0.15, 0.2) is 11.6 Å². The van der Waals surface area contributed by atoms with Crippen molar-refractivity contribution in [1.29, 1.82) is 0 Å². The number of hydrogen-bond donors (Lipinski definition) is 1. The third-order valence-corrected chi connectivity index (χ3v) is 12.8. The van der Waals surface area contributed by atoms with Gasteiger partial charge in [-0.25, -0.2) is 0 Å². The van der Waals surface area contributed by atoms with Crippen LogP contribution in [0.4, 0.5) is 0 Å². The maximum atomic E-state index is 12.9. The van der Waals surface area contributed by atoms with Crippen molar-refractivity contribution in [3.05, 3.63) is 11.6 Å². The van der Waals surface area contributed by atoms with E-state index in [1.165, 1.54) is 12.0 Å². The summed E-state index contributed by atoms with van der Waals surface area (Å²) in [6, 6.07) is 0. The van der Waals surface area contributed by atoms with Gasteiger partial charge in [0.2, 0.25) is 0 Å². The molecule has 0 amide bonds. The Morgan fingerprint density at radius 1 is 0.909 bits per heavy atom. The van der Waals surface area contributed by atoms with Crippen LogP contribution in [0.5, 0.6) is 0 Å². The van der Waals surface area contributed by atoms with E-state index < -0.39 is 11.4 Å². The van der Waals surface area contributed by atoms with E-state index in [1.807, 2.05) is 0 Å². The molecular weight excluding hydrogens is 408 g/mol. The number of carboxylic acids is 1. The fourth-order valence-electron chi connectivity index (χ4n) is 10.4. The molecule has 4 fully saturated rings. The van der Waals surface area contributed by atoms with Crippen LogP contribution >= 0.6 is 0 Å². The second-order valence-corrected chi connectivity index (χ2v) is 14.8. The quantitative estimate of drug-likeness (QED) is 0.419. The van der Waals surface area contributed by atoms with Gasteiger partial charge in [-0.15, -0.1) is 0 Å². The maximum absolute atomic E-state index is 12.9. The molecule has 0 heterocycles. The minimum atomic E-state index is -0.565. The summed E-state index contributed by atoms with van der Waals surface area (Å²) in [5, 5.41) is 10.5. The zero-order valence-electron chi connectivity index (χ0n) is 22.1. The molecule has 0 aliphatic heterocycles. The van der Waals surface area contributed by atoms with Gasteiger partial charge in [-0.3, -0.25) is 9.59 Å². The first-order chi connectivity index (χ1) is 15.1. The van der Waals surface area contributed by atoms with Crippen molar-refractivity contribution in [2.75, 3.05) is 0 Å². The molecular formula is C30H46O3. The highest BCUT2D eigenvalue weighted by atomic mass is 16.4. The molecule has 184 valence electrons. The van der Waals surface area contributed by atoms with E-state index in [1.54, 1.807) is 0 Å². The fourth-order valence-corrected chi connectivity index (χ4v) is 10.4. The lowest BCUT2D eigenvalue weighted by atomic mass is 9.33. The molecule has 0 aromatic carbocycles. The van der Waals surface area contributed by atoms with Crippen LogP contribution in [-0.4, -0.2) is 16.9 Å². The molecule has 0 bridgehead atoms. The van der Waals surface area contributed by atoms with E-state index in [0.717, 1.165) is 57.8 Å². The fraction of sp³-hybridized carbons (Fsp3) is 0.867. The Kier molecular flexibility index (Phi) is 4.83. The highest BCUT2D eigenvalue weighted by Crippen LogP contribution is 2.75. The minimum Gasteiger partial charge on any atom is -0.481 e. The van der Waals surface area contributed by atoms with Crippen LogP contribution in [0, 0.1) is 50.2 Å². The molecule has 4 unspecified atom stereocenters. The van der Waals surface area contributed by atoms with Crippen molar-refractivity contribution in [2.45, 2.75) is 113 Å². The molecule has 0 aromatic heterocycles. The Bertz CT molecular complexity index is 927. The Balaban J connectivity index is 1.60. The van der Waals surface area contributed by atoms with Gasteiger partial charge in [0.15, 0.2) is 0 Å². The second-order valence-electron chi connectivity index (χ2n) is 14.8. The molecule has 7 atom stereocenters. The number of ketones is 1. The number of rotatable bonds is 1. The molecule has 0 radical (unpaired) electrons. The van der Waals surface area contributed by atoms with Gasteiger partial charge in [0.05, 0.1) is 5.41 Å². The molecule has 0 spiro atoms. The summed E-state index contributed by atoms with van der Waals surface area (Å²) in [7, 11) is 0. The number of Topliss-reactive ketones (excluding diaryl/α,β-unsaturated/α-hetero) is 1. The van der Waals surface area contributed by atoms with E-state index >= 15 is 0 Å². The zero-order valence-corrected chi connectivity index (χ0v) is 22.1. The van der Waals surface area contributed by atoms with Gasteiger partial charge in [0.25, 0.3) is 0 Å². The Morgan fingerprint density at radius 2 is 1.58 bits per heavy atom. The maximum Gasteiger partial charge on any atom is 0.310 e. The average Bonchev–Trinajstić information content (AvgIpc) is 2.71. The molecule has 0 aromatic rings. The molecule has 0 saturated heterocycles. The second kappa shape index (κ2) is 6.76. The first kappa shape index (κ1) is 23.6. The zero-order chi connectivity index (χ0) is 24.2. The van der Waals surface area contributed by atoms with E-state index in [9.17, 15) is 14.7 Å². The highest BCUT2D eigenvalue weighted by Gasteiger charge is 2.69. The summed E-state index contributed by atoms with van der Waals surface area (Å²) in [5.41, 5.74) is 1.33. The largest absolute Gasteiger partial charge is 0.481 e. The molecule has 1 N–H and O–H groups in total. The molecule has 3 nitrogen and oxygen atoms in total. The predicted molar refractivity (Wildman–Crippen MR) is 132 cm³/mol. The number of carbonyl (C=O) groups excluding carboxylic acids is 1. The number of aliphatic carboxylic acids is 1. The first-order valence-electron chi connectivity index (χ1n) is 13.6. The van der Waals surface area contributed by atoms with Gasteiger partial charge in [0.1, 0.15) is 5.78 Å². The van der Waals surface area contributed by atoms with Crippen molar-refractivity contribution in [3.63, 3.8) is 0 Å². The first-order valence-corrected chi connectivity index (χ1v) is 13.6. The smallest absolute Gasteiger partial charge is 0.310 e. The number of carboxylic acid groups (broad SMARTS) is 1. The van der Waals surface area contributed by atoms with Crippen molar-refractivity contribution in [1.82, 2.24) is 0 Å². The summed E-state index contributed by atoms with van der Waals surface area (Å²) < 4.78 is 0. The summed E-state index contributed by atoms with van der Waals surface area (Å²) in [6.45, 7) is 16.6. The normalized spacial score (nSPS) is 50.2. The number of allylic oxidation sites excluding steroid dienone is 2. The van der Waals surface area contributed by atoms with Crippen molar-refractivity contribution in [3.8, 4) is 0 Å². The topological polar surface area (TPSA) is 54.4 Å². The number of fused-ring (bicyclic) bond motifs is 7. The van der Waals surface area contributed by atoms with E-state index in [-0.39, 0.29) is 33.0 Å². The number of hydrogen-bond acceptors (Lipinski definition) is 2. The molecule has 4 saturated carbocycles. The van der Waals surface area contributed by atoms with Crippen molar-refractivity contribution >= 4 is 11.8 Å². The van der Waals surface area contributed by atoms with Crippen LogP contribution in [-0.2, 0) is 9.59 Å². The Hall–Kier alpha value is -1.12. The molecule has 3 heteroatoms. The third-order valence-electron chi connectivity index (χ3n) is 12.8. The SMILES string of the molecule is CC1(C)CCC2(C(=O)O)CC[C@]3(C)C(=CCC4[C@@]5(C)CCC(=O)C(C)(C)C5CC[C@]43C)C2C1. The van der Waals surface area contributed by atoms with Crippen LogP contribution in [0.1, 0.15) is 113 Å². The van der Waals surface area contributed by atoms with E-state index in [4.69, 9.17) is 0 Å². The highest BCUT2D eigenvalue weighted by molar-refractivity contribution is 5.85. The molecule has 5 rings (SSSR count). The Labute approximate surface area is 201 Å². The standard InChI is InChI=1S/C30H46O3/c1-25(2)14-16-30(24(32)33)17-15-28(6)19(20(30)18-25)8-9-22-27(5)12-11-23(31)26(3,4)21(27)10-13-29(22,28)7/h8,20-22H,9-18H2,1-7H3,(H,32,33)/t20?,21?,22?,27-,28+,29+,30?/m0/s1. The van der Waals surface area contributed by atoms with E-state index in [0.29, 0.717) is 17.6 Å². The summed E-state index contributed by atoms with van der Waals surface area (Å²) in [6.07, 6.45) is 12.3. The minimum absolute atomic E-state index is 0.0620. The van der Waals surface area contributed by atoms with Crippen LogP contribution in [0.25, 0.3) is 0 Å². The summed E-state index contributed by atoms with van der Waals surface area (Å²) in [4.78, 5) is 25.6. The Morgan fingerprint density at radius 3 is 2.24 bits per heavy atom. The van der Waals surface area contributed by atoms with Gasteiger partial charge < -0.3 is 5.11 Å². The lowest BCUT2D eigenvalue weighted by Crippen LogP contribution is -2.64. The van der Waals surface area contributed by atoms with Crippen LogP contribution in [0.2, 0.25) is 0 Å². The van der Waals surface area contributed by atoms with Gasteiger partial charge in [-0.1, -0.05) is 60.1 Å². The van der Waals surface area contributed by atoms with Crippen LogP contribution in [0.3, 0.4) is 0 Å².